The first kappa shape index (κ1) is 115. The van der Waals surface area contributed by atoms with Gasteiger partial charge in [0.2, 0.25) is 0 Å². The van der Waals surface area contributed by atoms with Gasteiger partial charge in [-0.3, -0.25) is 28.8 Å². The first-order valence-electron chi connectivity index (χ1n) is 55.2. The van der Waals surface area contributed by atoms with Crippen LogP contribution in [-0.2, 0) is 103 Å². The fourth-order valence-corrected chi connectivity index (χ4v) is 40.6. The largest absolute Gasteiger partial charge is 0.465 e. The van der Waals surface area contributed by atoms with E-state index in [1.54, 1.807) is 0 Å². The summed E-state index contributed by atoms with van der Waals surface area (Å²) in [6.07, 6.45) is 52.8. The van der Waals surface area contributed by atoms with Gasteiger partial charge in [-0.15, -0.1) is 0 Å². The first-order valence-corrected chi connectivity index (χ1v) is 67.6. The number of carbonyl (C=O) groups excluding carboxylic acids is 7. The SMILES string of the molecule is C=CC(=O)OCCCCCCOC1CCC(C2CCC(OCCCC[Si](C)(C)O[Si](C)(C)CCCCCCOC3CCC(C(=O)OC4CCC(OC(=O)C5CCC(OCCCCCC)CC5)C(C(=O)OCCCC[Si](C)(C)O[Si](C)(C)CCCCOC(=O)C5CC(OC(=O)C6CCC(OCCCCCC)CC6)CCC5OC(=O)C5CCC(OCCCCCC)CC5)C4)CC3)CC2)CC1. The van der Waals surface area contributed by atoms with Crippen LogP contribution < -0.4 is 0 Å². The molecular weight excluding hydrogens is 1750 g/mol. The highest BCUT2D eigenvalue weighted by Gasteiger charge is 2.46. The Morgan fingerprint density at radius 1 is 0.248 bits per heavy atom. The van der Waals surface area contributed by atoms with Gasteiger partial charge in [0.25, 0.3) is 0 Å². The summed E-state index contributed by atoms with van der Waals surface area (Å²) in [7, 11) is -7.93. The van der Waals surface area contributed by atoms with Crippen molar-refractivity contribution >= 4 is 75.1 Å². The standard InChI is InChI=1S/C107H192O22Si4/c1-13-17-20-27-68-115-91-56-44-85(45-57-91)102(109)124-95-64-66-99(126-104(111)87-48-60-93(61-49-87)116-69-28-21-18-14-2)97(81-95)106(113)122-75-34-38-79-132(9,10)129-133(11,12)80-39-35-76-123-107(114)98-82-96(65-67-100(98)127-105(112)88-50-62-94(63-51-88)117-70-29-22-19-15-3)125-103(110)86-46-58-92(59-47-86)119-72-31-25-26-36-77-130(5,6)128-131(7,8)78-37-33-73-120-90-54-42-84(43-55-90)83-40-52-89(53-41-83)118-71-30-23-24-32-74-121-101(108)16-4/h16,83-100H,4,13-15,17-82H2,1-3,5-12H3. The Kier molecular flexibility index (Phi) is 55.4. The molecule has 6 atom stereocenters. The van der Waals surface area contributed by atoms with Crippen molar-refractivity contribution in [2.24, 2.45) is 47.3 Å². The predicted molar refractivity (Wildman–Crippen MR) is 536 cm³/mol. The van der Waals surface area contributed by atoms with E-state index in [2.05, 4.69) is 79.7 Å². The van der Waals surface area contributed by atoms with Crippen molar-refractivity contribution in [1.82, 2.24) is 0 Å². The van der Waals surface area contributed by atoms with Crippen molar-refractivity contribution in [2.75, 3.05) is 59.5 Å². The number of hydrogen-bond donors (Lipinski definition) is 0. The van der Waals surface area contributed by atoms with Crippen LogP contribution in [0.3, 0.4) is 0 Å². The van der Waals surface area contributed by atoms with Gasteiger partial charge in [-0.1, -0.05) is 130 Å². The van der Waals surface area contributed by atoms with Crippen LogP contribution in [0.2, 0.25) is 76.6 Å². The summed E-state index contributed by atoms with van der Waals surface area (Å²) >= 11 is 0. The molecule has 6 unspecified atom stereocenters. The van der Waals surface area contributed by atoms with Gasteiger partial charge in [-0.25, -0.2) is 4.79 Å². The molecule has 133 heavy (non-hydrogen) atoms. The van der Waals surface area contributed by atoms with Crippen LogP contribution in [0.4, 0.5) is 0 Å². The van der Waals surface area contributed by atoms with Gasteiger partial charge in [-0.05, 0) is 332 Å². The van der Waals surface area contributed by atoms with Gasteiger partial charge in [0.05, 0.1) is 92.0 Å². The van der Waals surface area contributed by atoms with E-state index in [4.69, 9.17) is 69.8 Å². The Balaban J connectivity index is 0.693. The molecule has 8 aliphatic rings. The lowest BCUT2D eigenvalue weighted by atomic mass is 9.72. The van der Waals surface area contributed by atoms with Crippen LogP contribution in [0.15, 0.2) is 12.7 Å². The highest BCUT2D eigenvalue weighted by molar-refractivity contribution is 6.85. The van der Waals surface area contributed by atoms with E-state index in [-0.39, 0.29) is 104 Å². The molecule has 8 saturated carbocycles. The van der Waals surface area contributed by atoms with Crippen molar-refractivity contribution in [3.05, 3.63) is 12.7 Å². The third-order valence-electron chi connectivity index (χ3n) is 30.7. The summed E-state index contributed by atoms with van der Waals surface area (Å²) in [6, 6.07) is 4.14. The number of ether oxygens (including phenoxy) is 13. The normalized spacial score (nSPS) is 27.5. The average Bonchev–Trinajstić information content (AvgIpc) is 0.823. The highest BCUT2D eigenvalue weighted by Crippen LogP contribution is 2.43. The predicted octanol–water partition coefficient (Wildman–Crippen LogP) is 25.6. The molecule has 0 saturated heterocycles. The van der Waals surface area contributed by atoms with Gasteiger partial charge in [-0.2, -0.15) is 0 Å². The molecule has 0 heterocycles. The molecule has 0 bridgehead atoms. The van der Waals surface area contributed by atoms with Gasteiger partial charge in [0, 0.05) is 58.6 Å². The third kappa shape index (κ3) is 46.5. The minimum Gasteiger partial charge on any atom is -0.465 e. The molecule has 0 aromatic rings. The minimum absolute atomic E-state index is 0.132. The molecule has 0 N–H and O–H groups in total. The Morgan fingerprint density at radius 3 is 0.759 bits per heavy atom. The maximum Gasteiger partial charge on any atom is 0.330 e. The van der Waals surface area contributed by atoms with E-state index in [1.165, 1.54) is 147 Å². The van der Waals surface area contributed by atoms with Crippen molar-refractivity contribution < 1.29 is 103 Å². The maximum absolute atomic E-state index is 14.4. The topological polar surface area (TPSA) is 258 Å². The van der Waals surface area contributed by atoms with Crippen LogP contribution in [0, 0.1) is 47.3 Å². The second kappa shape index (κ2) is 64.2. The molecule has 8 aliphatic carbocycles. The molecule has 0 radical (unpaired) electrons. The summed E-state index contributed by atoms with van der Waals surface area (Å²) in [4.78, 5) is 95.4. The van der Waals surface area contributed by atoms with E-state index in [1.807, 2.05) is 0 Å². The van der Waals surface area contributed by atoms with E-state index >= 15 is 0 Å². The highest BCUT2D eigenvalue weighted by atomic mass is 28.4. The molecule has 8 fully saturated rings. The average molecular weight is 1940 g/mol. The molecule has 0 aromatic heterocycles. The zero-order chi connectivity index (χ0) is 95.5. The second-order valence-electron chi connectivity index (χ2n) is 44.2. The second-order valence-corrected chi connectivity index (χ2v) is 61.9. The Morgan fingerprint density at radius 2 is 0.474 bits per heavy atom. The summed E-state index contributed by atoms with van der Waals surface area (Å²) in [6.45, 7) is 34.4. The van der Waals surface area contributed by atoms with E-state index < -0.39 is 81.5 Å². The van der Waals surface area contributed by atoms with Crippen LogP contribution in [0.1, 0.15) is 380 Å². The van der Waals surface area contributed by atoms with Crippen LogP contribution in [0.25, 0.3) is 0 Å². The zero-order valence-electron chi connectivity index (χ0n) is 85.9. The van der Waals surface area contributed by atoms with Gasteiger partial charge < -0.3 is 69.8 Å². The Bertz CT molecular complexity index is 3200. The van der Waals surface area contributed by atoms with Crippen LogP contribution in [-0.4, -0.2) is 196 Å². The molecule has 768 valence electrons. The lowest BCUT2D eigenvalue weighted by molar-refractivity contribution is -0.178. The van der Waals surface area contributed by atoms with E-state index in [0.717, 1.165) is 205 Å². The minimum atomic E-state index is -2.17. The lowest BCUT2D eigenvalue weighted by Crippen LogP contribution is -2.44. The molecule has 0 spiro atoms. The third-order valence-corrected chi connectivity index (χ3v) is 45.7. The molecule has 0 amide bonds. The molecular formula is C107H192O22Si4. The number of unbranched alkanes of at least 4 members (excludes halogenated alkanes) is 18. The summed E-state index contributed by atoms with van der Waals surface area (Å²) < 4.78 is 94.4. The molecule has 26 heteroatoms. The Hall–Kier alpha value is -3.42. The van der Waals surface area contributed by atoms with Crippen LogP contribution in [0.5, 0.6) is 0 Å². The monoisotopic (exact) mass is 1940 g/mol. The fraction of sp³-hybridized carbons (Fsp3) is 0.916. The van der Waals surface area contributed by atoms with Gasteiger partial charge in [0.15, 0.2) is 33.3 Å². The fourth-order valence-electron chi connectivity index (χ4n) is 22.6. The summed E-state index contributed by atoms with van der Waals surface area (Å²) in [5.41, 5.74) is 0. The number of hydrogen-bond acceptors (Lipinski definition) is 22. The summed E-state index contributed by atoms with van der Waals surface area (Å²) in [5, 5.41) is 0. The quantitative estimate of drug-likeness (QED) is 0.0180. The van der Waals surface area contributed by atoms with Crippen molar-refractivity contribution in [2.45, 2.75) is 518 Å². The molecule has 22 nitrogen and oxygen atoms in total. The molecule has 8 rings (SSSR count). The number of esters is 7. The van der Waals surface area contributed by atoms with E-state index in [0.29, 0.717) is 95.9 Å². The maximum atomic E-state index is 14.4. The smallest absolute Gasteiger partial charge is 0.330 e. The molecule has 0 aromatic carbocycles. The Labute approximate surface area is 811 Å². The first-order chi connectivity index (χ1) is 64.1. The van der Waals surface area contributed by atoms with Crippen LogP contribution >= 0.6 is 0 Å². The molecule has 0 aliphatic heterocycles. The van der Waals surface area contributed by atoms with Gasteiger partial charge in [0.1, 0.15) is 24.4 Å². The summed E-state index contributed by atoms with van der Waals surface area (Å²) in [5.74, 6) is -2.80. The van der Waals surface area contributed by atoms with Crippen molar-refractivity contribution in [3.8, 4) is 0 Å². The number of rotatable bonds is 66. The van der Waals surface area contributed by atoms with Crippen molar-refractivity contribution in [1.29, 1.82) is 0 Å². The van der Waals surface area contributed by atoms with Crippen molar-refractivity contribution in [3.63, 3.8) is 0 Å². The van der Waals surface area contributed by atoms with Gasteiger partial charge >= 0.3 is 41.8 Å². The van der Waals surface area contributed by atoms with E-state index in [9.17, 15) is 33.6 Å². The lowest BCUT2D eigenvalue weighted by Gasteiger charge is -2.37. The zero-order valence-corrected chi connectivity index (χ0v) is 89.9. The number of carbonyl (C=O) groups is 7.